The molecule has 0 aliphatic rings. The van der Waals surface area contributed by atoms with Crippen LogP contribution in [0.2, 0.25) is 10.0 Å². The first-order valence-electron chi connectivity index (χ1n) is 4.95. The van der Waals surface area contributed by atoms with Gasteiger partial charge in [0.25, 0.3) is 5.88 Å². The largest absolute Gasteiger partial charge is 0.474 e. The average molecular weight is 310 g/mol. The molecule has 0 saturated carbocycles. The second-order valence-electron chi connectivity index (χ2n) is 3.29. The van der Waals surface area contributed by atoms with Crippen LogP contribution in [0.1, 0.15) is 0 Å². The van der Waals surface area contributed by atoms with Gasteiger partial charge in [0.15, 0.2) is 5.76 Å². The van der Waals surface area contributed by atoms with Crippen molar-refractivity contribution in [3.05, 3.63) is 34.3 Å². The van der Waals surface area contributed by atoms with E-state index in [1.165, 1.54) is 0 Å². The minimum absolute atomic E-state index is 0. The topological polar surface area (TPSA) is 61.3 Å². The number of hydrogen-bond donors (Lipinski definition) is 1. The maximum absolute atomic E-state index is 6.04. The maximum atomic E-state index is 6.04. The van der Waals surface area contributed by atoms with Gasteiger partial charge in [-0.05, 0) is 23.4 Å². The van der Waals surface area contributed by atoms with Gasteiger partial charge in [0.1, 0.15) is 6.61 Å². The van der Waals surface area contributed by atoms with Crippen LogP contribution in [0.25, 0.3) is 11.3 Å². The second kappa shape index (κ2) is 6.85. The van der Waals surface area contributed by atoms with E-state index in [-0.39, 0.29) is 12.4 Å². The van der Waals surface area contributed by atoms with Gasteiger partial charge in [-0.3, -0.25) is 0 Å². The quantitative estimate of drug-likeness (QED) is 0.940. The molecule has 2 aromatic rings. The molecular formula is C11H11Cl3N2O2. The summed E-state index contributed by atoms with van der Waals surface area (Å²) in [5.74, 6) is 0.912. The summed E-state index contributed by atoms with van der Waals surface area (Å²) in [6.07, 6.45) is 0. The third kappa shape index (κ3) is 3.53. The zero-order valence-corrected chi connectivity index (χ0v) is 11.6. The Balaban J connectivity index is 0.00000162. The standard InChI is InChI=1S/C11H10Cl2N2O2.ClH/c12-7-1-2-8(9(13)5-7)10-6-11(15-17-10)16-4-3-14;/h1-2,5-6H,3-4,14H2;1H. The van der Waals surface area contributed by atoms with E-state index in [2.05, 4.69) is 5.16 Å². The molecule has 0 atom stereocenters. The third-order valence-corrected chi connectivity index (χ3v) is 2.60. The van der Waals surface area contributed by atoms with Crippen LogP contribution in [-0.2, 0) is 0 Å². The molecule has 0 amide bonds. The molecule has 18 heavy (non-hydrogen) atoms. The molecule has 0 radical (unpaired) electrons. The zero-order valence-electron chi connectivity index (χ0n) is 9.23. The fourth-order valence-electron chi connectivity index (χ4n) is 1.31. The Morgan fingerprint density at radius 3 is 2.72 bits per heavy atom. The molecule has 0 saturated heterocycles. The monoisotopic (exact) mass is 308 g/mol. The van der Waals surface area contributed by atoms with Crippen molar-refractivity contribution in [2.24, 2.45) is 5.73 Å². The van der Waals surface area contributed by atoms with Crippen LogP contribution in [0, 0.1) is 0 Å². The lowest BCUT2D eigenvalue weighted by molar-refractivity contribution is 0.288. The highest BCUT2D eigenvalue weighted by Gasteiger charge is 2.11. The number of nitrogens with two attached hydrogens (primary N) is 1. The van der Waals surface area contributed by atoms with Gasteiger partial charge in [-0.15, -0.1) is 12.4 Å². The number of halogens is 3. The number of hydrogen-bond acceptors (Lipinski definition) is 4. The van der Waals surface area contributed by atoms with Crippen molar-refractivity contribution < 1.29 is 9.26 Å². The average Bonchev–Trinajstić information content (AvgIpc) is 2.75. The van der Waals surface area contributed by atoms with Crippen LogP contribution < -0.4 is 10.5 Å². The first-order chi connectivity index (χ1) is 8.20. The van der Waals surface area contributed by atoms with Crippen LogP contribution in [-0.4, -0.2) is 18.3 Å². The number of benzene rings is 1. The summed E-state index contributed by atoms with van der Waals surface area (Å²) < 4.78 is 10.3. The minimum Gasteiger partial charge on any atom is -0.474 e. The third-order valence-electron chi connectivity index (χ3n) is 2.05. The molecule has 0 spiro atoms. The van der Waals surface area contributed by atoms with Gasteiger partial charge in [0.2, 0.25) is 0 Å². The number of aromatic nitrogens is 1. The van der Waals surface area contributed by atoms with E-state index in [4.69, 9.17) is 38.2 Å². The van der Waals surface area contributed by atoms with Crippen LogP contribution in [0.3, 0.4) is 0 Å². The van der Waals surface area contributed by atoms with Gasteiger partial charge >= 0.3 is 0 Å². The summed E-state index contributed by atoms with van der Waals surface area (Å²) in [5, 5.41) is 4.82. The predicted octanol–water partition coefficient (Wildman–Crippen LogP) is 3.41. The minimum atomic E-state index is 0. The molecule has 7 heteroatoms. The Labute approximate surface area is 120 Å². The van der Waals surface area contributed by atoms with Crippen molar-refractivity contribution in [3.8, 4) is 17.2 Å². The summed E-state index contributed by atoms with van der Waals surface area (Å²) in [4.78, 5) is 0. The van der Waals surface area contributed by atoms with Crippen molar-refractivity contribution in [1.82, 2.24) is 5.16 Å². The van der Waals surface area contributed by atoms with Gasteiger partial charge < -0.3 is 15.0 Å². The molecule has 1 aromatic carbocycles. The molecule has 1 aromatic heterocycles. The Hall–Kier alpha value is -0.940. The SMILES string of the molecule is Cl.NCCOc1cc(-c2ccc(Cl)cc2Cl)on1. The first kappa shape index (κ1) is 15.1. The highest BCUT2D eigenvalue weighted by atomic mass is 35.5. The van der Waals surface area contributed by atoms with Crippen LogP contribution in [0.4, 0.5) is 0 Å². The number of ether oxygens (including phenoxy) is 1. The van der Waals surface area contributed by atoms with Crippen LogP contribution in [0.15, 0.2) is 28.8 Å². The fraction of sp³-hybridized carbons (Fsp3) is 0.182. The van der Waals surface area contributed by atoms with Crippen LogP contribution in [0.5, 0.6) is 5.88 Å². The molecule has 1 heterocycles. The summed E-state index contributed by atoms with van der Waals surface area (Å²) in [6.45, 7) is 0.810. The second-order valence-corrected chi connectivity index (χ2v) is 4.13. The summed E-state index contributed by atoms with van der Waals surface area (Å²) in [7, 11) is 0. The van der Waals surface area contributed by atoms with E-state index in [1.54, 1.807) is 24.3 Å². The molecule has 0 fully saturated rings. The zero-order chi connectivity index (χ0) is 12.3. The molecule has 0 aliphatic carbocycles. The van der Waals surface area contributed by atoms with E-state index in [0.717, 1.165) is 0 Å². The molecule has 0 unspecified atom stereocenters. The molecule has 98 valence electrons. The lowest BCUT2D eigenvalue weighted by Crippen LogP contribution is -2.10. The van der Waals surface area contributed by atoms with E-state index in [9.17, 15) is 0 Å². The maximum Gasteiger partial charge on any atom is 0.254 e. The van der Waals surface area contributed by atoms with E-state index in [0.29, 0.717) is 40.4 Å². The Kier molecular flexibility index (Phi) is 5.75. The molecule has 2 rings (SSSR count). The molecule has 4 nitrogen and oxygen atoms in total. The lowest BCUT2D eigenvalue weighted by atomic mass is 10.2. The van der Waals surface area contributed by atoms with Crippen LogP contribution >= 0.6 is 35.6 Å². The van der Waals surface area contributed by atoms with Gasteiger partial charge in [-0.2, -0.15) is 0 Å². The smallest absolute Gasteiger partial charge is 0.254 e. The highest BCUT2D eigenvalue weighted by molar-refractivity contribution is 6.36. The first-order valence-corrected chi connectivity index (χ1v) is 5.71. The molecular weight excluding hydrogens is 298 g/mol. The Morgan fingerprint density at radius 2 is 2.06 bits per heavy atom. The Morgan fingerprint density at radius 1 is 1.28 bits per heavy atom. The van der Waals surface area contributed by atoms with Crippen molar-refractivity contribution in [2.75, 3.05) is 13.2 Å². The number of rotatable bonds is 4. The van der Waals surface area contributed by atoms with Crippen molar-refractivity contribution in [1.29, 1.82) is 0 Å². The van der Waals surface area contributed by atoms with Crippen molar-refractivity contribution >= 4 is 35.6 Å². The predicted molar refractivity (Wildman–Crippen MR) is 73.8 cm³/mol. The normalized spacial score (nSPS) is 9.94. The van der Waals surface area contributed by atoms with Gasteiger partial charge in [-0.1, -0.05) is 23.2 Å². The lowest BCUT2D eigenvalue weighted by Gasteiger charge is -1.99. The summed E-state index contributed by atoms with van der Waals surface area (Å²) in [5.41, 5.74) is 6.03. The number of nitrogens with zero attached hydrogens (tertiary/aromatic N) is 1. The van der Waals surface area contributed by atoms with E-state index < -0.39 is 0 Å². The van der Waals surface area contributed by atoms with Crippen molar-refractivity contribution in [3.63, 3.8) is 0 Å². The Bertz CT molecular complexity index is 517. The van der Waals surface area contributed by atoms with Crippen molar-refractivity contribution in [2.45, 2.75) is 0 Å². The van der Waals surface area contributed by atoms with E-state index >= 15 is 0 Å². The summed E-state index contributed by atoms with van der Waals surface area (Å²) >= 11 is 11.9. The fourth-order valence-corrected chi connectivity index (χ4v) is 1.81. The van der Waals surface area contributed by atoms with Gasteiger partial charge in [0.05, 0.1) is 5.02 Å². The molecule has 2 N–H and O–H groups in total. The highest BCUT2D eigenvalue weighted by Crippen LogP contribution is 2.31. The molecule has 0 bridgehead atoms. The van der Waals surface area contributed by atoms with Gasteiger partial charge in [0, 0.05) is 23.2 Å². The van der Waals surface area contributed by atoms with E-state index in [1.807, 2.05) is 0 Å². The molecule has 0 aliphatic heterocycles. The summed E-state index contributed by atoms with van der Waals surface area (Å²) in [6, 6.07) is 6.79. The van der Waals surface area contributed by atoms with Gasteiger partial charge in [-0.25, -0.2) is 0 Å².